The van der Waals surface area contributed by atoms with E-state index in [4.69, 9.17) is 18.6 Å². The molecule has 29 heavy (non-hydrogen) atoms. The van der Waals surface area contributed by atoms with Crippen molar-refractivity contribution in [2.75, 3.05) is 33.4 Å². The fraction of sp³-hybridized carbons (Fsp3) is 0.522. The smallest absolute Gasteiger partial charge is 0.313 e. The third kappa shape index (κ3) is 5.84. The average Bonchev–Trinajstić information content (AvgIpc) is 3.16. The molecule has 158 valence electrons. The standard InChI is InChI=1S/C23H31NO5/c1-3-27-22(25)23(13-15-28-19-8-5-4-6-9-19)12-7-14-24(18-23)16-20-10-11-21(29-20)17-26-2/h4-6,8-11H,3,7,12-18H2,1-2H3. The number of para-hydroxylation sites is 1. The molecule has 0 spiro atoms. The van der Waals surface area contributed by atoms with Crippen LogP contribution >= 0.6 is 0 Å². The van der Waals surface area contributed by atoms with E-state index >= 15 is 0 Å². The van der Waals surface area contributed by atoms with Crippen LogP contribution in [0.3, 0.4) is 0 Å². The maximum atomic E-state index is 12.9. The highest BCUT2D eigenvalue weighted by atomic mass is 16.5. The Morgan fingerprint density at radius 1 is 1.17 bits per heavy atom. The van der Waals surface area contributed by atoms with Crippen molar-refractivity contribution in [1.82, 2.24) is 4.90 Å². The van der Waals surface area contributed by atoms with Crippen LogP contribution in [0.15, 0.2) is 46.9 Å². The summed E-state index contributed by atoms with van der Waals surface area (Å²) < 4.78 is 22.3. The van der Waals surface area contributed by atoms with Crippen LogP contribution < -0.4 is 4.74 Å². The van der Waals surface area contributed by atoms with Gasteiger partial charge in [0, 0.05) is 13.7 Å². The van der Waals surface area contributed by atoms with Crippen LogP contribution in [0.4, 0.5) is 0 Å². The van der Waals surface area contributed by atoms with Crippen LogP contribution in [0, 0.1) is 5.41 Å². The highest BCUT2D eigenvalue weighted by molar-refractivity contribution is 5.77. The van der Waals surface area contributed by atoms with Crippen molar-refractivity contribution >= 4 is 5.97 Å². The van der Waals surface area contributed by atoms with E-state index in [-0.39, 0.29) is 5.97 Å². The summed E-state index contributed by atoms with van der Waals surface area (Å²) in [5.74, 6) is 2.39. The van der Waals surface area contributed by atoms with E-state index in [1.165, 1.54) is 0 Å². The zero-order valence-electron chi connectivity index (χ0n) is 17.4. The molecular formula is C23H31NO5. The second kappa shape index (κ2) is 10.5. The number of hydrogen-bond donors (Lipinski definition) is 0. The molecule has 0 bridgehead atoms. The third-order valence-electron chi connectivity index (χ3n) is 5.34. The lowest BCUT2D eigenvalue weighted by atomic mass is 9.77. The maximum Gasteiger partial charge on any atom is 0.313 e. The molecule has 1 unspecified atom stereocenters. The molecule has 0 N–H and O–H groups in total. The normalized spacial score (nSPS) is 19.8. The molecule has 1 aliphatic heterocycles. The van der Waals surface area contributed by atoms with Crippen molar-refractivity contribution < 1.29 is 23.4 Å². The highest BCUT2D eigenvalue weighted by Gasteiger charge is 2.43. The molecule has 0 saturated carbocycles. The summed E-state index contributed by atoms with van der Waals surface area (Å²) >= 11 is 0. The molecule has 1 aromatic heterocycles. The fourth-order valence-corrected chi connectivity index (χ4v) is 3.95. The molecule has 1 aromatic carbocycles. The third-order valence-corrected chi connectivity index (χ3v) is 5.34. The van der Waals surface area contributed by atoms with Crippen molar-refractivity contribution in [1.29, 1.82) is 0 Å². The SMILES string of the molecule is CCOC(=O)C1(CCOc2ccccc2)CCCN(Cc2ccc(COC)o2)C1. The number of carbonyl (C=O) groups is 1. The summed E-state index contributed by atoms with van der Waals surface area (Å²) in [5, 5.41) is 0. The summed E-state index contributed by atoms with van der Waals surface area (Å²) in [6.45, 7) is 5.43. The van der Waals surface area contributed by atoms with Crippen molar-refractivity contribution in [3.63, 3.8) is 0 Å². The average molecular weight is 402 g/mol. The molecule has 1 atom stereocenters. The molecule has 0 radical (unpaired) electrons. The van der Waals surface area contributed by atoms with E-state index in [0.717, 1.165) is 36.7 Å². The number of likely N-dealkylation sites (tertiary alicyclic amines) is 1. The molecule has 2 heterocycles. The van der Waals surface area contributed by atoms with Gasteiger partial charge in [-0.15, -0.1) is 0 Å². The Balaban J connectivity index is 1.64. The van der Waals surface area contributed by atoms with Gasteiger partial charge in [-0.1, -0.05) is 18.2 Å². The molecule has 6 heteroatoms. The Labute approximate surface area is 172 Å². The Kier molecular flexibility index (Phi) is 7.72. The number of rotatable bonds is 10. The van der Waals surface area contributed by atoms with Gasteiger partial charge in [0.1, 0.15) is 23.9 Å². The summed E-state index contributed by atoms with van der Waals surface area (Å²) in [6, 6.07) is 13.6. The number of methoxy groups -OCH3 is 1. The molecule has 1 aliphatic rings. The van der Waals surface area contributed by atoms with Gasteiger partial charge >= 0.3 is 5.97 Å². The lowest BCUT2D eigenvalue weighted by Crippen LogP contribution is -2.49. The summed E-state index contributed by atoms with van der Waals surface area (Å²) in [4.78, 5) is 15.2. The zero-order valence-corrected chi connectivity index (χ0v) is 17.4. The lowest BCUT2D eigenvalue weighted by molar-refractivity contribution is -0.160. The van der Waals surface area contributed by atoms with E-state index in [1.807, 2.05) is 49.4 Å². The predicted molar refractivity (Wildman–Crippen MR) is 110 cm³/mol. The Hall–Kier alpha value is -2.31. The highest BCUT2D eigenvalue weighted by Crippen LogP contribution is 2.36. The van der Waals surface area contributed by atoms with Crippen LogP contribution in [0.1, 0.15) is 37.7 Å². The molecule has 1 saturated heterocycles. The minimum Gasteiger partial charge on any atom is -0.494 e. The number of furan rings is 1. The monoisotopic (exact) mass is 401 g/mol. The first-order valence-electron chi connectivity index (χ1n) is 10.3. The largest absolute Gasteiger partial charge is 0.494 e. The number of benzene rings is 1. The van der Waals surface area contributed by atoms with Gasteiger partial charge < -0.3 is 18.6 Å². The van der Waals surface area contributed by atoms with Gasteiger partial charge in [-0.05, 0) is 57.0 Å². The van der Waals surface area contributed by atoms with E-state index < -0.39 is 5.41 Å². The summed E-state index contributed by atoms with van der Waals surface area (Å²) in [6.07, 6.45) is 2.38. The molecule has 0 amide bonds. The van der Waals surface area contributed by atoms with Gasteiger partial charge in [0.05, 0.1) is 25.2 Å². The topological polar surface area (TPSA) is 61.1 Å². The fourth-order valence-electron chi connectivity index (χ4n) is 3.95. The molecular weight excluding hydrogens is 370 g/mol. The van der Waals surface area contributed by atoms with Gasteiger partial charge in [-0.25, -0.2) is 0 Å². The number of piperidine rings is 1. The van der Waals surface area contributed by atoms with Gasteiger partial charge in [0.2, 0.25) is 0 Å². The van der Waals surface area contributed by atoms with Gasteiger partial charge in [0.25, 0.3) is 0 Å². The zero-order chi connectivity index (χ0) is 20.5. The lowest BCUT2D eigenvalue weighted by Gasteiger charge is -2.40. The van der Waals surface area contributed by atoms with Gasteiger partial charge in [0.15, 0.2) is 0 Å². The van der Waals surface area contributed by atoms with Crippen molar-refractivity contribution in [2.45, 2.75) is 39.3 Å². The first-order valence-corrected chi connectivity index (χ1v) is 10.3. The first-order chi connectivity index (χ1) is 14.1. The van der Waals surface area contributed by atoms with Crippen molar-refractivity contribution in [2.24, 2.45) is 5.41 Å². The van der Waals surface area contributed by atoms with Crippen LogP contribution in [0.5, 0.6) is 5.75 Å². The molecule has 6 nitrogen and oxygen atoms in total. The Morgan fingerprint density at radius 3 is 2.72 bits per heavy atom. The molecule has 0 aliphatic carbocycles. The van der Waals surface area contributed by atoms with Crippen molar-refractivity contribution in [3.05, 3.63) is 54.0 Å². The maximum absolute atomic E-state index is 12.9. The molecule has 3 rings (SSSR count). The van der Waals surface area contributed by atoms with E-state index in [1.54, 1.807) is 7.11 Å². The second-order valence-corrected chi connectivity index (χ2v) is 7.53. The number of esters is 1. The van der Waals surface area contributed by atoms with Crippen LogP contribution in [-0.4, -0.2) is 44.3 Å². The molecule has 2 aromatic rings. The van der Waals surface area contributed by atoms with Gasteiger partial charge in [-0.3, -0.25) is 9.69 Å². The second-order valence-electron chi connectivity index (χ2n) is 7.53. The summed E-state index contributed by atoms with van der Waals surface area (Å²) in [5.41, 5.74) is -0.551. The number of carbonyl (C=O) groups excluding carboxylic acids is 1. The first kappa shape index (κ1) is 21.4. The van der Waals surface area contributed by atoms with E-state index in [9.17, 15) is 4.79 Å². The van der Waals surface area contributed by atoms with E-state index in [2.05, 4.69) is 4.90 Å². The number of ether oxygens (including phenoxy) is 3. The van der Waals surface area contributed by atoms with Crippen LogP contribution in [-0.2, 0) is 27.4 Å². The van der Waals surface area contributed by atoms with Gasteiger partial charge in [-0.2, -0.15) is 0 Å². The number of nitrogens with zero attached hydrogens (tertiary/aromatic N) is 1. The van der Waals surface area contributed by atoms with Crippen LogP contribution in [0.25, 0.3) is 0 Å². The quantitative estimate of drug-likeness (QED) is 0.560. The molecule has 1 fully saturated rings. The Morgan fingerprint density at radius 2 is 1.97 bits per heavy atom. The number of hydrogen-bond acceptors (Lipinski definition) is 6. The minimum atomic E-state index is -0.551. The summed E-state index contributed by atoms with van der Waals surface area (Å²) in [7, 11) is 1.65. The Bertz CT molecular complexity index is 760. The minimum absolute atomic E-state index is 0.124. The van der Waals surface area contributed by atoms with Crippen molar-refractivity contribution in [3.8, 4) is 5.75 Å². The predicted octanol–water partition coefficient (Wildman–Crippen LogP) is 4.04. The van der Waals surface area contributed by atoms with Crippen LogP contribution in [0.2, 0.25) is 0 Å². The van der Waals surface area contributed by atoms with E-state index in [0.29, 0.717) is 39.3 Å².